The Morgan fingerprint density at radius 3 is 2.31 bits per heavy atom. The zero-order chi connectivity index (χ0) is 10.3. The van der Waals surface area contributed by atoms with Crippen molar-refractivity contribution in [3.05, 3.63) is 11.6 Å². The van der Waals surface area contributed by atoms with Crippen molar-refractivity contribution in [2.45, 2.75) is 60.3 Å². The van der Waals surface area contributed by atoms with Gasteiger partial charge in [-0.05, 0) is 32.1 Å². The highest BCUT2D eigenvalue weighted by molar-refractivity contribution is 5.02. The van der Waals surface area contributed by atoms with Gasteiger partial charge in [0.25, 0.3) is 0 Å². The summed E-state index contributed by atoms with van der Waals surface area (Å²) in [5.74, 6) is 1.68. The first-order valence-corrected chi connectivity index (χ1v) is 5.80. The lowest BCUT2D eigenvalue weighted by Crippen LogP contribution is -2.12. The predicted molar refractivity (Wildman–Crippen MR) is 61.9 cm³/mol. The standard InChI is InChI=1S/C13H26/c1-6-9-10-12(5)13(8-3)11(4)7-2/h7,12-13H,6,8-10H2,1-5H3. The maximum absolute atomic E-state index is 2.40. The van der Waals surface area contributed by atoms with E-state index >= 15 is 0 Å². The molecule has 2 atom stereocenters. The van der Waals surface area contributed by atoms with Gasteiger partial charge in [-0.15, -0.1) is 0 Å². The molecule has 0 aromatic carbocycles. The summed E-state index contributed by atoms with van der Waals surface area (Å²) in [5.41, 5.74) is 1.58. The monoisotopic (exact) mass is 182 g/mol. The molecule has 0 nitrogen and oxygen atoms in total. The summed E-state index contributed by atoms with van der Waals surface area (Å²) in [6, 6.07) is 0. The first-order chi connectivity index (χ1) is 6.17. The Labute approximate surface area is 84.4 Å². The average Bonchev–Trinajstić information content (AvgIpc) is 2.15. The highest BCUT2D eigenvalue weighted by Gasteiger charge is 2.15. The molecule has 0 bridgehead atoms. The van der Waals surface area contributed by atoms with Crippen molar-refractivity contribution in [2.75, 3.05) is 0 Å². The van der Waals surface area contributed by atoms with E-state index in [-0.39, 0.29) is 0 Å². The molecule has 0 radical (unpaired) electrons. The molecule has 0 saturated heterocycles. The van der Waals surface area contributed by atoms with Crippen LogP contribution in [0.2, 0.25) is 0 Å². The van der Waals surface area contributed by atoms with E-state index < -0.39 is 0 Å². The quantitative estimate of drug-likeness (QED) is 0.517. The number of hydrogen-bond acceptors (Lipinski definition) is 0. The van der Waals surface area contributed by atoms with Crippen LogP contribution in [0.1, 0.15) is 60.3 Å². The van der Waals surface area contributed by atoms with E-state index in [1.54, 1.807) is 5.57 Å². The van der Waals surface area contributed by atoms with Crippen molar-refractivity contribution >= 4 is 0 Å². The van der Waals surface area contributed by atoms with Crippen LogP contribution in [0, 0.1) is 11.8 Å². The third kappa shape index (κ3) is 4.50. The predicted octanol–water partition coefficient (Wildman–Crippen LogP) is 4.81. The van der Waals surface area contributed by atoms with Gasteiger partial charge in [-0.3, -0.25) is 0 Å². The summed E-state index contributed by atoms with van der Waals surface area (Å²) in [6.07, 6.45) is 7.67. The van der Waals surface area contributed by atoms with Crippen LogP contribution in [0.4, 0.5) is 0 Å². The van der Waals surface area contributed by atoms with Crippen molar-refractivity contribution in [1.29, 1.82) is 0 Å². The fraction of sp³-hybridized carbons (Fsp3) is 0.846. The normalized spacial score (nSPS) is 17.2. The van der Waals surface area contributed by atoms with Gasteiger partial charge < -0.3 is 0 Å². The van der Waals surface area contributed by atoms with Crippen molar-refractivity contribution in [1.82, 2.24) is 0 Å². The fourth-order valence-electron chi connectivity index (χ4n) is 2.11. The lowest BCUT2D eigenvalue weighted by atomic mass is 9.82. The molecule has 0 aromatic rings. The molecule has 0 heterocycles. The zero-order valence-corrected chi connectivity index (χ0v) is 10.1. The molecule has 0 aliphatic rings. The van der Waals surface area contributed by atoms with E-state index in [1.165, 1.54) is 25.7 Å². The molecule has 0 aromatic heterocycles. The molecule has 0 N–H and O–H groups in total. The Hall–Kier alpha value is -0.260. The van der Waals surface area contributed by atoms with Crippen molar-refractivity contribution in [3.63, 3.8) is 0 Å². The van der Waals surface area contributed by atoms with Gasteiger partial charge in [-0.1, -0.05) is 51.7 Å². The van der Waals surface area contributed by atoms with Crippen LogP contribution < -0.4 is 0 Å². The summed E-state index contributed by atoms with van der Waals surface area (Å²) in [4.78, 5) is 0. The SMILES string of the molecule is CC=C(C)C(CC)C(C)CCCC. The first-order valence-electron chi connectivity index (χ1n) is 5.80. The van der Waals surface area contributed by atoms with Crippen molar-refractivity contribution in [3.8, 4) is 0 Å². The summed E-state index contributed by atoms with van der Waals surface area (Å²) in [6.45, 7) is 11.4. The highest BCUT2D eigenvalue weighted by atomic mass is 14.2. The largest absolute Gasteiger partial charge is 0.0884 e. The van der Waals surface area contributed by atoms with Gasteiger partial charge in [0.15, 0.2) is 0 Å². The molecule has 2 unspecified atom stereocenters. The second-order valence-electron chi connectivity index (χ2n) is 4.17. The first kappa shape index (κ1) is 12.7. The summed E-state index contributed by atoms with van der Waals surface area (Å²) >= 11 is 0. The van der Waals surface area contributed by atoms with Crippen LogP contribution in [-0.2, 0) is 0 Å². The average molecular weight is 182 g/mol. The Morgan fingerprint density at radius 1 is 1.31 bits per heavy atom. The number of allylic oxidation sites excluding steroid dienone is 2. The third-order valence-corrected chi connectivity index (χ3v) is 3.18. The molecule has 0 saturated carbocycles. The molecule has 0 amide bonds. The molecule has 0 rings (SSSR count). The molecule has 0 aliphatic carbocycles. The van der Waals surface area contributed by atoms with E-state index in [9.17, 15) is 0 Å². The minimum atomic E-state index is 0.816. The van der Waals surface area contributed by atoms with E-state index in [1.807, 2.05) is 0 Å². The van der Waals surface area contributed by atoms with Crippen LogP contribution in [0.5, 0.6) is 0 Å². The highest BCUT2D eigenvalue weighted by Crippen LogP contribution is 2.27. The Morgan fingerprint density at radius 2 is 1.92 bits per heavy atom. The molecule has 13 heavy (non-hydrogen) atoms. The van der Waals surface area contributed by atoms with Crippen molar-refractivity contribution in [2.24, 2.45) is 11.8 Å². The van der Waals surface area contributed by atoms with Gasteiger partial charge in [0.2, 0.25) is 0 Å². The lowest BCUT2D eigenvalue weighted by Gasteiger charge is -2.23. The van der Waals surface area contributed by atoms with Gasteiger partial charge >= 0.3 is 0 Å². The smallest absolute Gasteiger partial charge is 0.0183 e. The Balaban J connectivity index is 4.06. The molecule has 0 spiro atoms. The lowest BCUT2D eigenvalue weighted by molar-refractivity contribution is 0.364. The Kier molecular flexibility index (Phi) is 7.03. The molecule has 0 aliphatic heterocycles. The topological polar surface area (TPSA) is 0 Å². The second kappa shape index (κ2) is 7.17. The zero-order valence-electron chi connectivity index (χ0n) is 10.1. The van der Waals surface area contributed by atoms with Gasteiger partial charge in [0, 0.05) is 0 Å². The number of unbranched alkanes of at least 4 members (excludes halogenated alkanes) is 1. The summed E-state index contributed by atoms with van der Waals surface area (Å²) in [7, 11) is 0. The van der Waals surface area contributed by atoms with Crippen LogP contribution >= 0.6 is 0 Å². The van der Waals surface area contributed by atoms with Crippen LogP contribution in [0.3, 0.4) is 0 Å². The molecule has 78 valence electrons. The fourth-order valence-corrected chi connectivity index (χ4v) is 2.11. The minimum Gasteiger partial charge on any atom is -0.0884 e. The maximum Gasteiger partial charge on any atom is -0.0183 e. The maximum atomic E-state index is 2.40. The molecule has 0 fully saturated rings. The van der Waals surface area contributed by atoms with Gasteiger partial charge in [0.05, 0.1) is 0 Å². The van der Waals surface area contributed by atoms with E-state index in [4.69, 9.17) is 0 Å². The van der Waals surface area contributed by atoms with Crippen LogP contribution in [0.25, 0.3) is 0 Å². The Bertz CT molecular complexity index is 144. The van der Waals surface area contributed by atoms with E-state index in [2.05, 4.69) is 40.7 Å². The van der Waals surface area contributed by atoms with Crippen LogP contribution in [-0.4, -0.2) is 0 Å². The third-order valence-electron chi connectivity index (χ3n) is 3.18. The minimum absolute atomic E-state index is 0.816. The molecular formula is C13H26. The van der Waals surface area contributed by atoms with Gasteiger partial charge in [-0.25, -0.2) is 0 Å². The molecular weight excluding hydrogens is 156 g/mol. The van der Waals surface area contributed by atoms with Gasteiger partial charge in [-0.2, -0.15) is 0 Å². The summed E-state index contributed by atoms with van der Waals surface area (Å²) in [5, 5.41) is 0. The summed E-state index contributed by atoms with van der Waals surface area (Å²) < 4.78 is 0. The number of hydrogen-bond donors (Lipinski definition) is 0. The second-order valence-corrected chi connectivity index (χ2v) is 4.17. The van der Waals surface area contributed by atoms with E-state index in [0.717, 1.165) is 11.8 Å². The molecule has 0 heteroatoms. The van der Waals surface area contributed by atoms with Crippen molar-refractivity contribution < 1.29 is 0 Å². The van der Waals surface area contributed by atoms with Gasteiger partial charge in [0.1, 0.15) is 0 Å². The number of rotatable bonds is 6. The van der Waals surface area contributed by atoms with E-state index in [0.29, 0.717) is 0 Å². The van der Waals surface area contributed by atoms with Crippen LogP contribution in [0.15, 0.2) is 11.6 Å².